The standard InChI is InChI=1S/C25H29FN4O3/c1-3-29-12-4-5-21(29)16-30(25(32)27-20-8-6-19(26)7-9-20)15-18-13-17-14-22(33-2)10-11-23(17)28-24(18)31/h6-11,13-14,21H,3-5,12,15-16H2,1-2H3,(H,27,32)(H,28,31). The summed E-state index contributed by atoms with van der Waals surface area (Å²) in [5, 5.41) is 3.67. The Hall–Kier alpha value is -3.39. The van der Waals surface area contributed by atoms with Gasteiger partial charge in [0, 0.05) is 34.7 Å². The molecule has 174 valence electrons. The average molecular weight is 453 g/mol. The molecule has 0 bridgehead atoms. The quantitative estimate of drug-likeness (QED) is 0.563. The van der Waals surface area contributed by atoms with Crippen molar-refractivity contribution in [2.24, 2.45) is 0 Å². The summed E-state index contributed by atoms with van der Waals surface area (Å²) in [7, 11) is 1.59. The normalized spacial score (nSPS) is 16.2. The van der Waals surface area contributed by atoms with E-state index in [2.05, 4.69) is 22.1 Å². The molecule has 2 amide bonds. The van der Waals surface area contributed by atoms with E-state index >= 15 is 0 Å². The Morgan fingerprint density at radius 2 is 2.03 bits per heavy atom. The van der Waals surface area contributed by atoms with Crippen LogP contribution in [0.3, 0.4) is 0 Å². The number of likely N-dealkylation sites (tertiary alicyclic amines) is 1. The van der Waals surface area contributed by atoms with Gasteiger partial charge in [-0.15, -0.1) is 0 Å². The molecule has 1 unspecified atom stereocenters. The number of H-pyrrole nitrogens is 1. The molecule has 0 saturated carbocycles. The number of anilines is 1. The summed E-state index contributed by atoms with van der Waals surface area (Å²) in [4.78, 5) is 33.0. The predicted molar refractivity (Wildman–Crippen MR) is 127 cm³/mol. The number of benzene rings is 2. The summed E-state index contributed by atoms with van der Waals surface area (Å²) in [6.45, 7) is 4.68. The third-order valence-corrected chi connectivity index (χ3v) is 6.21. The molecule has 3 aromatic rings. The van der Waals surface area contributed by atoms with Crippen LogP contribution in [0.5, 0.6) is 5.75 Å². The number of methoxy groups -OCH3 is 1. The highest BCUT2D eigenvalue weighted by Gasteiger charge is 2.28. The second kappa shape index (κ2) is 10.0. The number of amides is 2. The van der Waals surface area contributed by atoms with E-state index in [4.69, 9.17) is 4.74 Å². The maximum Gasteiger partial charge on any atom is 0.322 e. The lowest BCUT2D eigenvalue weighted by molar-refractivity contribution is 0.174. The second-order valence-corrected chi connectivity index (χ2v) is 8.32. The number of aromatic nitrogens is 1. The summed E-state index contributed by atoms with van der Waals surface area (Å²) >= 11 is 0. The van der Waals surface area contributed by atoms with E-state index in [1.165, 1.54) is 24.3 Å². The van der Waals surface area contributed by atoms with Gasteiger partial charge in [0.1, 0.15) is 11.6 Å². The number of likely N-dealkylation sites (N-methyl/N-ethyl adjacent to an activating group) is 1. The van der Waals surface area contributed by atoms with Crippen LogP contribution < -0.4 is 15.6 Å². The monoisotopic (exact) mass is 452 g/mol. The van der Waals surface area contributed by atoms with Crippen molar-refractivity contribution in [1.29, 1.82) is 0 Å². The Morgan fingerprint density at radius 3 is 2.76 bits per heavy atom. The van der Waals surface area contributed by atoms with Gasteiger partial charge in [-0.25, -0.2) is 9.18 Å². The molecule has 33 heavy (non-hydrogen) atoms. The van der Waals surface area contributed by atoms with Crippen molar-refractivity contribution in [2.75, 3.05) is 32.1 Å². The van der Waals surface area contributed by atoms with Crippen LogP contribution in [-0.2, 0) is 6.54 Å². The Morgan fingerprint density at radius 1 is 1.24 bits per heavy atom. The number of halogens is 1. The molecule has 2 aromatic carbocycles. The Labute approximate surface area is 192 Å². The number of carbonyl (C=O) groups is 1. The number of carbonyl (C=O) groups excluding carboxylic acids is 1. The zero-order valence-corrected chi connectivity index (χ0v) is 18.9. The van der Waals surface area contributed by atoms with Crippen LogP contribution in [0.25, 0.3) is 10.9 Å². The molecule has 2 heterocycles. The number of pyridine rings is 1. The van der Waals surface area contributed by atoms with Gasteiger partial charge in [-0.1, -0.05) is 6.92 Å². The topological polar surface area (TPSA) is 77.7 Å². The fourth-order valence-electron chi connectivity index (χ4n) is 4.41. The molecule has 0 spiro atoms. The SMILES string of the molecule is CCN1CCCC1CN(Cc1cc2cc(OC)ccc2[nH]c1=O)C(=O)Nc1ccc(F)cc1. The third kappa shape index (κ3) is 5.34. The summed E-state index contributed by atoms with van der Waals surface area (Å²) in [6, 6.07) is 12.8. The van der Waals surface area contributed by atoms with E-state index in [1.807, 2.05) is 6.07 Å². The van der Waals surface area contributed by atoms with Gasteiger partial charge in [0.15, 0.2) is 0 Å². The van der Waals surface area contributed by atoms with Crippen LogP contribution in [0.2, 0.25) is 0 Å². The van der Waals surface area contributed by atoms with Gasteiger partial charge < -0.3 is 19.9 Å². The number of nitrogens with one attached hydrogen (secondary N) is 2. The first-order valence-corrected chi connectivity index (χ1v) is 11.2. The molecule has 1 aromatic heterocycles. The minimum Gasteiger partial charge on any atom is -0.497 e. The lowest BCUT2D eigenvalue weighted by Gasteiger charge is -2.30. The van der Waals surface area contributed by atoms with Crippen LogP contribution in [-0.4, -0.2) is 53.6 Å². The lowest BCUT2D eigenvalue weighted by atomic mass is 10.1. The molecule has 0 aliphatic carbocycles. The first-order valence-electron chi connectivity index (χ1n) is 11.2. The van der Waals surface area contributed by atoms with Crippen LogP contribution >= 0.6 is 0 Å². The molecule has 7 nitrogen and oxygen atoms in total. The molecule has 1 fully saturated rings. The lowest BCUT2D eigenvalue weighted by Crippen LogP contribution is -2.45. The van der Waals surface area contributed by atoms with Crippen LogP contribution in [0.15, 0.2) is 53.3 Å². The van der Waals surface area contributed by atoms with Gasteiger partial charge in [-0.05, 0) is 74.5 Å². The highest BCUT2D eigenvalue weighted by Crippen LogP contribution is 2.22. The summed E-state index contributed by atoms with van der Waals surface area (Å²) in [5.74, 6) is 0.323. The summed E-state index contributed by atoms with van der Waals surface area (Å²) in [5.41, 5.74) is 1.47. The predicted octanol–water partition coefficient (Wildman–Crippen LogP) is 4.19. The number of urea groups is 1. The van der Waals surface area contributed by atoms with E-state index in [1.54, 1.807) is 30.2 Å². The maximum atomic E-state index is 13.3. The molecule has 1 saturated heterocycles. The van der Waals surface area contributed by atoms with Crippen molar-refractivity contribution in [3.63, 3.8) is 0 Å². The van der Waals surface area contributed by atoms with E-state index in [0.29, 0.717) is 29.1 Å². The molecule has 0 radical (unpaired) electrons. The zero-order valence-electron chi connectivity index (χ0n) is 18.9. The van der Waals surface area contributed by atoms with Crippen LogP contribution in [0.4, 0.5) is 14.9 Å². The highest BCUT2D eigenvalue weighted by atomic mass is 19.1. The number of fused-ring (bicyclic) bond motifs is 1. The van der Waals surface area contributed by atoms with Crippen molar-refractivity contribution in [3.05, 3.63) is 70.3 Å². The molecule has 1 aliphatic heterocycles. The molecule has 2 N–H and O–H groups in total. The zero-order chi connectivity index (χ0) is 23.4. The smallest absolute Gasteiger partial charge is 0.322 e. The van der Waals surface area contributed by atoms with Crippen LogP contribution in [0, 0.1) is 5.82 Å². The van der Waals surface area contributed by atoms with Crippen LogP contribution in [0.1, 0.15) is 25.3 Å². The number of aromatic amines is 1. The van der Waals surface area contributed by atoms with Crippen molar-refractivity contribution in [3.8, 4) is 5.75 Å². The summed E-state index contributed by atoms with van der Waals surface area (Å²) in [6.07, 6.45) is 2.09. The van der Waals surface area contributed by atoms with E-state index < -0.39 is 0 Å². The van der Waals surface area contributed by atoms with Crippen molar-refractivity contribution >= 4 is 22.6 Å². The number of nitrogens with zero attached hydrogens (tertiary/aromatic N) is 2. The molecular formula is C25H29FN4O3. The van der Waals surface area contributed by atoms with E-state index in [0.717, 1.165) is 31.3 Å². The van der Waals surface area contributed by atoms with Crippen molar-refractivity contribution in [2.45, 2.75) is 32.4 Å². The fraction of sp³-hybridized carbons (Fsp3) is 0.360. The second-order valence-electron chi connectivity index (χ2n) is 8.32. The van der Waals surface area contributed by atoms with Crippen molar-refractivity contribution in [1.82, 2.24) is 14.8 Å². The van der Waals surface area contributed by atoms with Gasteiger partial charge in [-0.3, -0.25) is 9.69 Å². The molecule has 8 heteroatoms. The van der Waals surface area contributed by atoms with E-state index in [9.17, 15) is 14.0 Å². The Kier molecular flexibility index (Phi) is 6.93. The first kappa shape index (κ1) is 22.8. The van der Waals surface area contributed by atoms with Crippen molar-refractivity contribution < 1.29 is 13.9 Å². The molecular weight excluding hydrogens is 423 g/mol. The number of hydrogen-bond acceptors (Lipinski definition) is 4. The van der Waals surface area contributed by atoms with Gasteiger partial charge in [0.05, 0.1) is 13.7 Å². The number of rotatable bonds is 7. The molecule has 1 atom stereocenters. The average Bonchev–Trinajstić information content (AvgIpc) is 3.27. The van der Waals surface area contributed by atoms with Gasteiger partial charge in [0.2, 0.25) is 0 Å². The Bertz CT molecular complexity index is 1180. The number of hydrogen-bond donors (Lipinski definition) is 2. The minimum atomic E-state index is -0.368. The maximum absolute atomic E-state index is 13.3. The highest BCUT2D eigenvalue weighted by molar-refractivity contribution is 5.89. The van der Waals surface area contributed by atoms with Gasteiger partial charge in [-0.2, -0.15) is 0 Å². The van der Waals surface area contributed by atoms with E-state index in [-0.39, 0.29) is 30.0 Å². The van der Waals surface area contributed by atoms with Gasteiger partial charge >= 0.3 is 6.03 Å². The minimum absolute atomic E-state index is 0.156. The van der Waals surface area contributed by atoms with Gasteiger partial charge in [0.25, 0.3) is 5.56 Å². The molecule has 4 rings (SSSR count). The number of ether oxygens (including phenoxy) is 1. The Balaban J connectivity index is 1.62. The molecule has 1 aliphatic rings. The first-order chi connectivity index (χ1) is 16.0. The largest absolute Gasteiger partial charge is 0.497 e. The third-order valence-electron chi connectivity index (χ3n) is 6.21. The fourth-order valence-corrected chi connectivity index (χ4v) is 4.41. The summed E-state index contributed by atoms with van der Waals surface area (Å²) < 4.78 is 18.6.